The number of aliphatic carboxylic acids is 1. The van der Waals surface area contributed by atoms with E-state index < -0.39 is 5.97 Å². The van der Waals surface area contributed by atoms with Crippen LogP contribution >= 0.6 is 0 Å². The molecule has 0 aromatic rings. The molecule has 0 aromatic heterocycles. The standard InChI is InChI=1S/C5H10O3.Li.H/c1-4(3-6)2-5(7)8;;/h4,6H,2-3H2,1H3,(H,7,8);;/q;+1;-1. The molecule has 0 aliphatic heterocycles. The quantitative estimate of drug-likeness (QED) is 0.402. The predicted molar refractivity (Wildman–Crippen MR) is 29.6 cm³/mol. The van der Waals surface area contributed by atoms with Crippen LogP contribution in [0.5, 0.6) is 0 Å². The normalized spacial score (nSPS) is 11.8. The molecule has 2 N–H and O–H groups in total. The van der Waals surface area contributed by atoms with E-state index in [0.29, 0.717) is 0 Å². The molecule has 0 saturated heterocycles. The van der Waals surface area contributed by atoms with Gasteiger partial charge in [0.2, 0.25) is 0 Å². The van der Waals surface area contributed by atoms with Crippen LogP contribution in [0.3, 0.4) is 0 Å². The zero-order valence-electron chi connectivity index (χ0n) is 6.79. The summed E-state index contributed by atoms with van der Waals surface area (Å²) in [5.41, 5.74) is 0. The summed E-state index contributed by atoms with van der Waals surface area (Å²) in [6.07, 6.45) is 0.0521. The largest absolute Gasteiger partial charge is 1.00 e. The van der Waals surface area contributed by atoms with Crippen LogP contribution < -0.4 is 18.9 Å². The van der Waals surface area contributed by atoms with Crippen molar-refractivity contribution < 1.29 is 35.3 Å². The van der Waals surface area contributed by atoms with Crippen molar-refractivity contribution in [2.24, 2.45) is 5.92 Å². The molecular weight excluding hydrogens is 115 g/mol. The Morgan fingerprint density at radius 3 is 2.33 bits per heavy atom. The third kappa shape index (κ3) is 8.03. The van der Waals surface area contributed by atoms with E-state index in [2.05, 4.69) is 0 Å². The van der Waals surface area contributed by atoms with Crippen molar-refractivity contribution in [1.29, 1.82) is 0 Å². The van der Waals surface area contributed by atoms with Crippen molar-refractivity contribution in [1.82, 2.24) is 0 Å². The van der Waals surface area contributed by atoms with E-state index in [1.807, 2.05) is 0 Å². The number of aliphatic hydroxyl groups is 1. The van der Waals surface area contributed by atoms with Crippen molar-refractivity contribution in [2.75, 3.05) is 6.61 Å². The topological polar surface area (TPSA) is 57.5 Å². The van der Waals surface area contributed by atoms with Gasteiger partial charge < -0.3 is 11.6 Å². The van der Waals surface area contributed by atoms with Crippen molar-refractivity contribution in [3.63, 3.8) is 0 Å². The molecule has 1 atom stereocenters. The minimum Gasteiger partial charge on any atom is -1.00 e. The Morgan fingerprint density at radius 2 is 2.22 bits per heavy atom. The van der Waals surface area contributed by atoms with Crippen LogP contribution in [0.2, 0.25) is 0 Å². The summed E-state index contributed by atoms with van der Waals surface area (Å²) < 4.78 is 0. The Hall–Kier alpha value is 0.0274. The number of rotatable bonds is 3. The summed E-state index contributed by atoms with van der Waals surface area (Å²) in [4.78, 5) is 9.86. The number of hydrogen-bond acceptors (Lipinski definition) is 2. The average molecular weight is 126 g/mol. The fourth-order valence-corrected chi connectivity index (χ4v) is 0.363. The Bertz CT molecular complexity index is 89.0. The molecule has 0 fully saturated rings. The summed E-state index contributed by atoms with van der Waals surface area (Å²) in [6.45, 7) is 1.64. The van der Waals surface area contributed by atoms with Crippen LogP contribution in [0, 0.1) is 5.92 Å². The van der Waals surface area contributed by atoms with Gasteiger partial charge in [-0.2, -0.15) is 0 Å². The molecule has 0 heterocycles. The van der Waals surface area contributed by atoms with Gasteiger partial charge in [-0.05, 0) is 5.92 Å². The molecule has 1 unspecified atom stereocenters. The smallest absolute Gasteiger partial charge is 1.00 e. The zero-order valence-corrected chi connectivity index (χ0v) is 5.79. The van der Waals surface area contributed by atoms with Crippen LogP contribution in [0.15, 0.2) is 0 Å². The van der Waals surface area contributed by atoms with Gasteiger partial charge in [-0.1, -0.05) is 6.92 Å². The third-order valence-corrected chi connectivity index (χ3v) is 0.835. The monoisotopic (exact) mass is 126 g/mol. The Morgan fingerprint density at radius 1 is 1.78 bits per heavy atom. The maximum absolute atomic E-state index is 9.86. The summed E-state index contributed by atoms with van der Waals surface area (Å²) in [5, 5.41) is 16.4. The molecule has 4 heteroatoms. The first-order valence-corrected chi connectivity index (χ1v) is 2.49. The van der Waals surface area contributed by atoms with Gasteiger partial charge in [0.1, 0.15) is 0 Å². The first-order chi connectivity index (χ1) is 3.66. The number of carbonyl (C=O) groups is 1. The second kappa shape index (κ2) is 6.15. The van der Waals surface area contributed by atoms with Crippen LogP contribution in [0.1, 0.15) is 14.8 Å². The number of carboxylic acids is 1. The molecule has 0 aromatic carbocycles. The van der Waals surface area contributed by atoms with Crippen LogP contribution in [0.25, 0.3) is 0 Å². The minimum atomic E-state index is -0.855. The molecule has 0 radical (unpaired) electrons. The maximum Gasteiger partial charge on any atom is 1.00 e. The SMILES string of the molecule is CC(CO)CC(=O)O.[H-].[Li+]. The van der Waals surface area contributed by atoms with Gasteiger partial charge in [0.15, 0.2) is 0 Å². The van der Waals surface area contributed by atoms with Crippen molar-refractivity contribution in [3.05, 3.63) is 0 Å². The summed E-state index contributed by atoms with van der Waals surface area (Å²) in [5.74, 6) is -0.973. The van der Waals surface area contributed by atoms with E-state index in [4.69, 9.17) is 10.2 Å². The molecule has 0 spiro atoms. The van der Waals surface area contributed by atoms with Crippen LogP contribution in [-0.4, -0.2) is 22.8 Å². The molecule has 0 saturated carbocycles. The number of carboxylic acid groups (broad SMARTS) is 1. The van der Waals surface area contributed by atoms with E-state index in [1.54, 1.807) is 6.92 Å². The fourth-order valence-electron chi connectivity index (χ4n) is 0.363. The molecule has 0 bridgehead atoms. The predicted octanol–water partition coefficient (Wildman–Crippen LogP) is -2.79. The second-order valence-corrected chi connectivity index (χ2v) is 1.89. The average Bonchev–Trinajstić information content (AvgIpc) is 1.65. The Labute approximate surface area is 67.7 Å². The van der Waals surface area contributed by atoms with Gasteiger partial charge in [-0.15, -0.1) is 0 Å². The van der Waals surface area contributed by atoms with Crippen molar-refractivity contribution in [2.45, 2.75) is 13.3 Å². The fraction of sp³-hybridized carbons (Fsp3) is 0.800. The van der Waals surface area contributed by atoms with E-state index in [9.17, 15) is 4.79 Å². The van der Waals surface area contributed by atoms with E-state index >= 15 is 0 Å². The molecule has 0 aliphatic carbocycles. The third-order valence-electron chi connectivity index (χ3n) is 0.835. The van der Waals surface area contributed by atoms with Gasteiger partial charge in [0.05, 0.1) is 6.42 Å². The van der Waals surface area contributed by atoms with E-state index in [1.165, 1.54) is 0 Å². The molecule has 3 nitrogen and oxygen atoms in total. The number of hydrogen-bond donors (Lipinski definition) is 2. The Balaban J connectivity index is -0.000000245. The van der Waals surface area contributed by atoms with Gasteiger partial charge in [-0.25, -0.2) is 0 Å². The molecule has 0 rings (SSSR count). The van der Waals surface area contributed by atoms with Crippen molar-refractivity contribution in [3.8, 4) is 0 Å². The summed E-state index contributed by atoms with van der Waals surface area (Å²) >= 11 is 0. The van der Waals surface area contributed by atoms with Crippen molar-refractivity contribution >= 4 is 5.97 Å². The van der Waals surface area contributed by atoms with E-state index in [-0.39, 0.29) is 39.2 Å². The summed E-state index contributed by atoms with van der Waals surface area (Å²) in [6, 6.07) is 0. The van der Waals surface area contributed by atoms with E-state index in [0.717, 1.165) is 0 Å². The van der Waals surface area contributed by atoms with Gasteiger partial charge >= 0.3 is 24.8 Å². The maximum atomic E-state index is 9.86. The van der Waals surface area contributed by atoms with Gasteiger partial charge in [0, 0.05) is 6.61 Å². The molecule has 0 amide bonds. The molecule has 0 aliphatic rings. The zero-order chi connectivity index (χ0) is 6.57. The van der Waals surface area contributed by atoms with Gasteiger partial charge in [-0.3, -0.25) is 4.79 Å². The minimum absolute atomic E-state index is 0. The molecule has 9 heavy (non-hydrogen) atoms. The Kier molecular flexibility index (Phi) is 8.05. The number of aliphatic hydroxyl groups excluding tert-OH is 1. The van der Waals surface area contributed by atoms with Crippen LogP contribution in [-0.2, 0) is 4.79 Å². The second-order valence-electron chi connectivity index (χ2n) is 1.89. The molecular formula is C5H11LiO3. The van der Waals surface area contributed by atoms with Crippen LogP contribution in [0.4, 0.5) is 0 Å². The van der Waals surface area contributed by atoms with Gasteiger partial charge in [0.25, 0.3) is 0 Å². The first-order valence-electron chi connectivity index (χ1n) is 2.49. The summed E-state index contributed by atoms with van der Waals surface area (Å²) in [7, 11) is 0. The first kappa shape index (κ1) is 11.8. The molecule has 50 valence electrons.